The number of thioether (sulfide) groups is 1. The largest absolute Gasteiger partial charge is 0.497 e. The van der Waals surface area contributed by atoms with Crippen LogP contribution in [0.2, 0.25) is 0 Å². The third-order valence-electron chi connectivity index (χ3n) is 4.55. The molecule has 0 saturated carbocycles. The number of halogens is 3. The first-order chi connectivity index (χ1) is 13.2. The van der Waals surface area contributed by atoms with E-state index >= 15 is 0 Å². The van der Waals surface area contributed by atoms with Crippen molar-refractivity contribution in [3.05, 3.63) is 64.2 Å². The van der Waals surface area contributed by atoms with Crippen molar-refractivity contribution in [2.24, 2.45) is 0 Å². The van der Waals surface area contributed by atoms with Gasteiger partial charge in [-0.15, -0.1) is 0 Å². The van der Waals surface area contributed by atoms with Crippen molar-refractivity contribution in [3.63, 3.8) is 0 Å². The van der Waals surface area contributed by atoms with Crippen LogP contribution in [0, 0.1) is 0 Å². The topological polar surface area (TPSA) is 46.6 Å². The van der Waals surface area contributed by atoms with Gasteiger partial charge in [0.25, 0.3) is 5.91 Å². The lowest BCUT2D eigenvalue weighted by molar-refractivity contribution is -0.138. The molecule has 1 amide bonds. The van der Waals surface area contributed by atoms with E-state index in [9.17, 15) is 22.8 Å². The predicted molar refractivity (Wildman–Crippen MR) is 101 cm³/mol. The van der Waals surface area contributed by atoms with Crippen LogP contribution < -0.4 is 4.74 Å². The van der Waals surface area contributed by atoms with Crippen LogP contribution >= 0.6 is 11.8 Å². The predicted octanol–water partition coefficient (Wildman–Crippen LogP) is 4.42. The molecule has 1 heterocycles. The number of nitrogens with zero attached hydrogens (tertiary/aromatic N) is 1. The number of rotatable bonds is 6. The lowest BCUT2D eigenvalue weighted by Gasteiger charge is -2.16. The Morgan fingerprint density at radius 2 is 1.89 bits per heavy atom. The Labute approximate surface area is 164 Å². The summed E-state index contributed by atoms with van der Waals surface area (Å²) in [6.45, 7) is 0.0228. The highest BCUT2D eigenvalue weighted by Crippen LogP contribution is 2.38. The third-order valence-corrected chi connectivity index (χ3v) is 5.10. The summed E-state index contributed by atoms with van der Waals surface area (Å²) in [5, 5.41) is 0. The van der Waals surface area contributed by atoms with Crippen LogP contribution in [0.15, 0.2) is 36.4 Å². The van der Waals surface area contributed by atoms with Crippen molar-refractivity contribution in [3.8, 4) is 5.75 Å². The normalized spacial score (nSPS) is 13.6. The molecule has 148 valence electrons. The molecule has 1 aliphatic rings. The zero-order chi connectivity index (χ0) is 20.5. The number of amides is 1. The van der Waals surface area contributed by atoms with Crippen LogP contribution in [0.25, 0.3) is 0 Å². The second-order valence-electron chi connectivity index (χ2n) is 6.41. The molecule has 0 bridgehead atoms. The first-order valence-corrected chi connectivity index (χ1v) is 9.82. The molecule has 2 aromatic carbocycles. The molecule has 0 fully saturated rings. The number of benzene rings is 2. The summed E-state index contributed by atoms with van der Waals surface area (Å²) in [7, 11) is 1.53. The Bertz CT molecular complexity index is 910. The summed E-state index contributed by atoms with van der Waals surface area (Å²) in [5.41, 5.74) is -0.353. The van der Waals surface area contributed by atoms with Crippen LogP contribution in [0.5, 0.6) is 5.75 Å². The van der Waals surface area contributed by atoms with Crippen molar-refractivity contribution in [1.29, 1.82) is 0 Å². The molecular weight excluding hydrogens is 391 g/mol. The smallest absolute Gasteiger partial charge is 0.416 e. The molecule has 4 nitrogen and oxygen atoms in total. The Hall–Kier alpha value is -2.48. The van der Waals surface area contributed by atoms with E-state index in [0.717, 1.165) is 11.6 Å². The quantitative estimate of drug-likeness (QED) is 0.663. The summed E-state index contributed by atoms with van der Waals surface area (Å²) in [4.78, 5) is 26.2. The van der Waals surface area contributed by atoms with Gasteiger partial charge in [0, 0.05) is 24.2 Å². The fourth-order valence-corrected chi connectivity index (χ4v) is 3.60. The molecular formula is C20H18F3NO3S. The molecule has 0 atom stereocenters. The van der Waals surface area contributed by atoms with Gasteiger partial charge in [-0.25, -0.2) is 0 Å². The number of Topliss-reactive ketones (excluding diaryl/α,β-unsaturated/α-hetero) is 1. The fraction of sp³-hybridized carbons (Fsp3) is 0.300. The van der Waals surface area contributed by atoms with E-state index in [1.807, 2.05) is 0 Å². The second kappa shape index (κ2) is 7.87. The number of carbonyl (C=O) groups is 2. The lowest BCUT2D eigenvalue weighted by atomic mass is 9.97. The molecule has 2 aromatic rings. The Balaban J connectivity index is 1.95. The van der Waals surface area contributed by atoms with Crippen molar-refractivity contribution in [1.82, 2.24) is 4.90 Å². The zero-order valence-electron chi connectivity index (χ0n) is 15.3. The summed E-state index contributed by atoms with van der Waals surface area (Å²) in [5.74, 6) is -0.228. The molecule has 3 rings (SSSR count). The minimum atomic E-state index is -4.64. The summed E-state index contributed by atoms with van der Waals surface area (Å²) in [6, 6.07) is 9.12. The molecule has 0 aromatic heterocycles. The maximum absolute atomic E-state index is 13.6. The Morgan fingerprint density at radius 3 is 2.46 bits per heavy atom. The van der Waals surface area contributed by atoms with Gasteiger partial charge in [0.05, 0.1) is 18.4 Å². The number of carbonyl (C=O) groups excluding carboxylic acids is 2. The molecule has 0 spiro atoms. The lowest BCUT2D eigenvalue weighted by Crippen LogP contribution is -2.23. The van der Waals surface area contributed by atoms with E-state index in [0.29, 0.717) is 5.75 Å². The van der Waals surface area contributed by atoms with Crippen LogP contribution in [0.3, 0.4) is 0 Å². The standard InChI is InChI=1S/C20H18F3NO3S/c1-27-14-5-3-12(4-6-14)9-24-10-16-15(19(24)26)7-13(18(25)11-28-2)8-17(16)20(21,22)23/h3-8H,9-11H2,1-2H3. The average Bonchev–Trinajstić information content (AvgIpc) is 2.96. The van der Waals surface area contributed by atoms with Crippen molar-refractivity contribution in [2.75, 3.05) is 19.1 Å². The SMILES string of the molecule is COc1ccc(CN2Cc3c(cc(C(=O)CSC)cc3C(F)(F)F)C2=O)cc1. The van der Waals surface area contributed by atoms with Gasteiger partial charge in [-0.1, -0.05) is 12.1 Å². The number of alkyl halides is 3. The van der Waals surface area contributed by atoms with Crippen LogP contribution in [-0.2, 0) is 19.3 Å². The van der Waals surface area contributed by atoms with Crippen molar-refractivity contribution < 1.29 is 27.5 Å². The molecule has 8 heteroatoms. The van der Waals surface area contributed by atoms with E-state index < -0.39 is 23.4 Å². The van der Waals surface area contributed by atoms with Crippen LogP contribution in [0.1, 0.15) is 37.4 Å². The van der Waals surface area contributed by atoms with Gasteiger partial charge in [-0.3, -0.25) is 9.59 Å². The number of ether oxygens (including phenoxy) is 1. The van der Waals surface area contributed by atoms with Crippen molar-refractivity contribution in [2.45, 2.75) is 19.3 Å². The minimum Gasteiger partial charge on any atom is -0.497 e. The van der Waals surface area contributed by atoms with Gasteiger partial charge in [0.15, 0.2) is 5.78 Å². The van der Waals surface area contributed by atoms with Gasteiger partial charge < -0.3 is 9.64 Å². The third kappa shape index (κ3) is 4.01. The number of fused-ring (bicyclic) bond motifs is 1. The van der Waals surface area contributed by atoms with Crippen LogP contribution in [0.4, 0.5) is 13.2 Å². The van der Waals surface area contributed by atoms with Crippen molar-refractivity contribution >= 4 is 23.5 Å². The molecule has 0 unspecified atom stereocenters. The summed E-state index contributed by atoms with van der Waals surface area (Å²) in [6.07, 6.45) is -2.95. The van der Waals surface area contributed by atoms with Gasteiger partial charge in [0.2, 0.25) is 0 Å². The highest BCUT2D eigenvalue weighted by Gasteiger charge is 2.40. The highest BCUT2D eigenvalue weighted by molar-refractivity contribution is 7.99. The Kier molecular flexibility index (Phi) is 5.69. The zero-order valence-corrected chi connectivity index (χ0v) is 16.1. The number of methoxy groups -OCH3 is 1. The monoisotopic (exact) mass is 409 g/mol. The van der Waals surface area contributed by atoms with E-state index in [1.165, 1.54) is 29.8 Å². The van der Waals surface area contributed by atoms with Gasteiger partial charge in [-0.2, -0.15) is 24.9 Å². The molecule has 0 N–H and O–H groups in total. The maximum Gasteiger partial charge on any atom is 0.416 e. The molecule has 0 aliphatic carbocycles. The Morgan fingerprint density at radius 1 is 1.21 bits per heavy atom. The van der Waals surface area contributed by atoms with E-state index in [1.54, 1.807) is 30.5 Å². The van der Waals surface area contributed by atoms with E-state index in [2.05, 4.69) is 0 Å². The second-order valence-corrected chi connectivity index (χ2v) is 7.28. The molecule has 28 heavy (non-hydrogen) atoms. The minimum absolute atomic E-state index is 0.0483. The van der Waals surface area contributed by atoms with E-state index in [-0.39, 0.29) is 35.5 Å². The maximum atomic E-state index is 13.6. The summed E-state index contributed by atoms with van der Waals surface area (Å²) >= 11 is 1.22. The molecule has 0 saturated heterocycles. The van der Waals surface area contributed by atoms with Crippen LogP contribution in [-0.4, -0.2) is 35.7 Å². The highest BCUT2D eigenvalue weighted by atomic mass is 32.2. The number of hydrogen-bond acceptors (Lipinski definition) is 4. The first-order valence-electron chi connectivity index (χ1n) is 8.43. The summed E-state index contributed by atoms with van der Waals surface area (Å²) < 4.78 is 45.8. The van der Waals surface area contributed by atoms with Gasteiger partial charge >= 0.3 is 6.18 Å². The number of hydrogen-bond donors (Lipinski definition) is 0. The van der Waals surface area contributed by atoms with E-state index in [4.69, 9.17) is 4.74 Å². The number of ketones is 1. The van der Waals surface area contributed by atoms with Gasteiger partial charge in [0.1, 0.15) is 5.75 Å². The average molecular weight is 409 g/mol. The first kappa shape index (κ1) is 20.3. The molecule has 0 radical (unpaired) electrons. The molecule has 1 aliphatic heterocycles. The fourth-order valence-electron chi connectivity index (χ4n) is 3.17. The van der Waals surface area contributed by atoms with Gasteiger partial charge in [-0.05, 0) is 41.6 Å².